The van der Waals surface area contributed by atoms with Crippen LogP contribution >= 0.6 is 11.8 Å². The van der Waals surface area contributed by atoms with Crippen LogP contribution in [0.3, 0.4) is 0 Å². The molecule has 0 nitrogen and oxygen atoms in total. The van der Waals surface area contributed by atoms with Gasteiger partial charge in [-0.1, -0.05) is 25.1 Å². The van der Waals surface area contributed by atoms with Crippen LogP contribution in [0, 0.1) is 5.25 Å². The molecular weight excluding hydrogens is 152 g/mol. The summed E-state index contributed by atoms with van der Waals surface area (Å²) in [6, 6.07) is 10.5. The molecule has 0 heterocycles. The molecule has 1 rings (SSSR count). The first kappa shape index (κ1) is 8.66. The lowest BCUT2D eigenvalue weighted by Gasteiger charge is -2.05. The predicted octanol–water partition coefficient (Wildman–Crippen LogP) is 3.74. The van der Waals surface area contributed by atoms with E-state index in [0.29, 0.717) is 0 Å². The van der Waals surface area contributed by atoms with Crippen LogP contribution in [-0.2, 0) is 0 Å². The molecular formula is C10H13S. The van der Waals surface area contributed by atoms with Crippen molar-refractivity contribution >= 4 is 11.8 Å². The van der Waals surface area contributed by atoms with Gasteiger partial charge in [0.25, 0.3) is 0 Å². The molecule has 0 N–H and O–H groups in total. The van der Waals surface area contributed by atoms with Crippen molar-refractivity contribution in [1.82, 2.24) is 0 Å². The van der Waals surface area contributed by atoms with E-state index < -0.39 is 0 Å². The average Bonchev–Trinajstić information content (AvgIpc) is 2.06. The normalized spacial score (nSPS) is 10.5. The van der Waals surface area contributed by atoms with Crippen LogP contribution in [0.4, 0.5) is 0 Å². The average molecular weight is 165 g/mol. The van der Waals surface area contributed by atoms with Crippen molar-refractivity contribution in [3.63, 3.8) is 0 Å². The molecule has 0 atom stereocenters. The summed E-state index contributed by atoms with van der Waals surface area (Å²) >= 11 is 1.86. The zero-order valence-electron chi connectivity index (χ0n) is 7.00. The van der Waals surface area contributed by atoms with Gasteiger partial charge in [0.05, 0.1) is 0 Å². The lowest BCUT2D eigenvalue weighted by atomic mass is 10.4. The third-order valence-corrected chi connectivity index (χ3v) is 2.68. The summed E-state index contributed by atoms with van der Waals surface area (Å²) in [5.74, 6) is 0. The molecule has 0 unspecified atom stereocenters. The minimum absolute atomic E-state index is 1.15. The molecule has 1 heteroatoms. The van der Waals surface area contributed by atoms with Gasteiger partial charge in [-0.2, -0.15) is 0 Å². The summed E-state index contributed by atoms with van der Waals surface area (Å²) in [5, 5.41) is 1.47. The Morgan fingerprint density at radius 2 is 1.91 bits per heavy atom. The van der Waals surface area contributed by atoms with Gasteiger partial charge in [0.1, 0.15) is 0 Å². The van der Waals surface area contributed by atoms with E-state index >= 15 is 0 Å². The van der Waals surface area contributed by atoms with Gasteiger partial charge in [0.15, 0.2) is 0 Å². The van der Waals surface area contributed by atoms with Crippen LogP contribution in [0.2, 0.25) is 0 Å². The Morgan fingerprint density at radius 3 is 2.45 bits per heavy atom. The number of thioether (sulfide) groups is 1. The molecule has 0 amide bonds. The van der Waals surface area contributed by atoms with Crippen LogP contribution in [0.25, 0.3) is 0 Å². The van der Waals surface area contributed by atoms with Gasteiger partial charge in [-0.25, -0.2) is 0 Å². The fraction of sp³-hybridized carbons (Fsp3) is 0.300. The van der Waals surface area contributed by atoms with Crippen molar-refractivity contribution in [2.45, 2.75) is 25.2 Å². The van der Waals surface area contributed by atoms with Gasteiger partial charge in [0, 0.05) is 10.1 Å². The van der Waals surface area contributed by atoms with Crippen LogP contribution in [0.15, 0.2) is 35.2 Å². The number of benzene rings is 1. The zero-order valence-corrected chi connectivity index (χ0v) is 7.82. The van der Waals surface area contributed by atoms with Gasteiger partial charge in [-0.05, 0) is 25.5 Å². The Morgan fingerprint density at radius 1 is 1.27 bits per heavy atom. The first-order chi connectivity index (χ1) is 5.33. The maximum absolute atomic E-state index is 2.19. The second kappa shape index (κ2) is 4.45. The Balaban J connectivity index is 2.51. The van der Waals surface area contributed by atoms with E-state index in [1.165, 1.54) is 10.1 Å². The topological polar surface area (TPSA) is 0 Å². The minimum Gasteiger partial charge on any atom is -0.118 e. The van der Waals surface area contributed by atoms with Crippen LogP contribution in [-0.4, -0.2) is 0 Å². The van der Waals surface area contributed by atoms with Crippen molar-refractivity contribution in [2.75, 3.05) is 0 Å². The number of hydrogen-bond donors (Lipinski definition) is 0. The highest BCUT2D eigenvalue weighted by atomic mass is 32.2. The quantitative estimate of drug-likeness (QED) is 0.615. The highest BCUT2D eigenvalue weighted by Crippen LogP contribution is 2.29. The van der Waals surface area contributed by atoms with E-state index in [1.54, 1.807) is 0 Å². The molecule has 0 fully saturated rings. The Labute approximate surface area is 73.0 Å². The summed E-state index contributed by atoms with van der Waals surface area (Å²) in [4.78, 5) is 1.34. The van der Waals surface area contributed by atoms with Crippen molar-refractivity contribution in [3.8, 4) is 0 Å². The van der Waals surface area contributed by atoms with Crippen LogP contribution in [0.1, 0.15) is 20.3 Å². The molecule has 0 aromatic heterocycles. The monoisotopic (exact) mass is 165 g/mol. The Hall–Kier alpha value is -0.430. The summed E-state index contributed by atoms with van der Waals surface area (Å²) in [5.41, 5.74) is 0. The standard InChI is InChI=1S/C10H13S/c1-3-9(2)11-10-7-5-4-6-8-10/h4-8H,3H2,1-2H3. The molecule has 0 aliphatic carbocycles. The van der Waals surface area contributed by atoms with E-state index in [-0.39, 0.29) is 0 Å². The molecule has 11 heavy (non-hydrogen) atoms. The summed E-state index contributed by atoms with van der Waals surface area (Å²) < 4.78 is 0. The van der Waals surface area contributed by atoms with Crippen molar-refractivity contribution in [3.05, 3.63) is 35.6 Å². The lowest BCUT2D eigenvalue weighted by Crippen LogP contribution is -1.80. The molecule has 0 aliphatic heterocycles. The minimum atomic E-state index is 1.15. The van der Waals surface area contributed by atoms with E-state index in [1.807, 2.05) is 17.8 Å². The maximum atomic E-state index is 2.19. The van der Waals surface area contributed by atoms with Gasteiger partial charge in [0.2, 0.25) is 0 Å². The Kier molecular flexibility index (Phi) is 3.50. The van der Waals surface area contributed by atoms with E-state index in [4.69, 9.17) is 0 Å². The molecule has 1 aromatic carbocycles. The first-order valence-electron chi connectivity index (χ1n) is 3.88. The van der Waals surface area contributed by atoms with Crippen LogP contribution < -0.4 is 0 Å². The van der Waals surface area contributed by atoms with Crippen LogP contribution in [0.5, 0.6) is 0 Å². The number of rotatable bonds is 3. The van der Waals surface area contributed by atoms with Gasteiger partial charge >= 0.3 is 0 Å². The van der Waals surface area contributed by atoms with Crippen molar-refractivity contribution in [1.29, 1.82) is 0 Å². The molecule has 0 saturated carbocycles. The van der Waals surface area contributed by atoms with Gasteiger partial charge < -0.3 is 0 Å². The predicted molar refractivity (Wildman–Crippen MR) is 51.5 cm³/mol. The van der Waals surface area contributed by atoms with Crippen molar-refractivity contribution in [2.24, 2.45) is 0 Å². The molecule has 1 aromatic rings. The summed E-state index contributed by atoms with van der Waals surface area (Å²) in [6.07, 6.45) is 1.15. The zero-order chi connectivity index (χ0) is 8.10. The first-order valence-corrected chi connectivity index (χ1v) is 4.70. The largest absolute Gasteiger partial charge is 0.118 e. The van der Waals surface area contributed by atoms with Crippen molar-refractivity contribution < 1.29 is 0 Å². The smallest absolute Gasteiger partial charge is 0.0323 e. The highest BCUT2D eigenvalue weighted by molar-refractivity contribution is 8.02. The highest BCUT2D eigenvalue weighted by Gasteiger charge is 2.00. The van der Waals surface area contributed by atoms with E-state index in [2.05, 4.69) is 38.1 Å². The second-order valence-electron chi connectivity index (χ2n) is 2.47. The summed E-state index contributed by atoms with van der Waals surface area (Å²) in [7, 11) is 0. The summed E-state index contributed by atoms with van der Waals surface area (Å²) in [6.45, 7) is 4.36. The molecule has 0 bridgehead atoms. The molecule has 1 radical (unpaired) electrons. The third-order valence-electron chi connectivity index (χ3n) is 1.53. The van der Waals surface area contributed by atoms with Gasteiger partial charge in [-0.15, -0.1) is 11.8 Å². The lowest BCUT2D eigenvalue weighted by molar-refractivity contribution is 1.05. The molecule has 0 aliphatic rings. The fourth-order valence-electron chi connectivity index (χ4n) is 0.762. The fourth-order valence-corrected chi connectivity index (χ4v) is 1.60. The molecule has 0 saturated heterocycles. The maximum Gasteiger partial charge on any atom is 0.0323 e. The number of hydrogen-bond acceptors (Lipinski definition) is 1. The second-order valence-corrected chi connectivity index (χ2v) is 3.84. The third kappa shape index (κ3) is 2.98. The molecule has 59 valence electrons. The Bertz CT molecular complexity index is 193. The SMILES string of the molecule is CC[C](C)Sc1ccccc1. The van der Waals surface area contributed by atoms with E-state index in [0.717, 1.165) is 6.42 Å². The van der Waals surface area contributed by atoms with Gasteiger partial charge in [-0.3, -0.25) is 0 Å². The van der Waals surface area contributed by atoms with E-state index in [9.17, 15) is 0 Å². The molecule has 0 spiro atoms.